The molecule has 20 heavy (non-hydrogen) atoms. The molecule has 1 heterocycles. The second kappa shape index (κ2) is 6.60. The van der Waals surface area contributed by atoms with E-state index in [1.807, 2.05) is 11.4 Å². The van der Waals surface area contributed by atoms with E-state index in [-0.39, 0.29) is 16.3 Å². The zero-order valence-corrected chi connectivity index (χ0v) is 14.0. The summed E-state index contributed by atoms with van der Waals surface area (Å²) in [5, 5.41) is 12.5. The number of carbonyl (C=O) groups excluding carboxylic acids is 1. The van der Waals surface area contributed by atoms with Crippen LogP contribution in [-0.2, 0) is 0 Å². The van der Waals surface area contributed by atoms with Crippen LogP contribution in [0.2, 0.25) is 0 Å². The number of nitro benzene ring substituents is 1. The van der Waals surface area contributed by atoms with E-state index in [1.165, 1.54) is 23.5 Å². The van der Waals surface area contributed by atoms with Gasteiger partial charge in [-0.15, -0.1) is 11.3 Å². The number of alkyl halides is 2. The topological polar surface area (TPSA) is 60.2 Å². The van der Waals surface area contributed by atoms with Crippen molar-refractivity contribution in [2.45, 2.75) is 9.65 Å². The molecule has 2 rings (SSSR count). The fourth-order valence-corrected chi connectivity index (χ4v) is 3.59. The quantitative estimate of drug-likeness (QED) is 0.305. The lowest BCUT2D eigenvalue weighted by Crippen LogP contribution is -2.18. The smallest absolute Gasteiger partial charge is 0.269 e. The highest BCUT2D eigenvalue weighted by molar-refractivity contribution is 9.12. The van der Waals surface area contributed by atoms with Gasteiger partial charge in [0.15, 0.2) is 5.78 Å². The van der Waals surface area contributed by atoms with Crippen LogP contribution in [0.25, 0.3) is 0 Å². The summed E-state index contributed by atoms with van der Waals surface area (Å²) in [4.78, 5) is 22.4. The highest BCUT2D eigenvalue weighted by Gasteiger charge is 2.26. The molecule has 1 aromatic carbocycles. The third kappa shape index (κ3) is 3.34. The van der Waals surface area contributed by atoms with E-state index in [9.17, 15) is 14.9 Å². The number of halogens is 2. The van der Waals surface area contributed by atoms with Gasteiger partial charge in [0.25, 0.3) is 5.69 Å². The number of rotatable bonds is 5. The Bertz CT molecular complexity index is 613. The normalized spacial score (nSPS) is 13.7. The Hall–Kier alpha value is -1.05. The van der Waals surface area contributed by atoms with Gasteiger partial charge in [0.2, 0.25) is 0 Å². The summed E-state index contributed by atoms with van der Waals surface area (Å²) < 4.78 is 0. The summed E-state index contributed by atoms with van der Waals surface area (Å²) in [6, 6.07) is 9.75. The Kier molecular flexibility index (Phi) is 5.06. The maximum absolute atomic E-state index is 12.2. The first-order chi connectivity index (χ1) is 9.50. The number of carbonyl (C=O) groups is 1. The van der Waals surface area contributed by atoms with Crippen molar-refractivity contribution >= 4 is 54.7 Å². The zero-order chi connectivity index (χ0) is 14.7. The van der Waals surface area contributed by atoms with Crippen molar-refractivity contribution in [2.75, 3.05) is 0 Å². The fraction of sp³-hybridized carbons (Fsp3) is 0.154. The SMILES string of the molecule is O=C(c1cccs1)[C@H](Br)[C@@H](Br)c1ccc([N+](=O)[O-])cc1. The largest absolute Gasteiger partial charge is 0.292 e. The van der Waals surface area contributed by atoms with Gasteiger partial charge < -0.3 is 0 Å². The van der Waals surface area contributed by atoms with Gasteiger partial charge >= 0.3 is 0 Å². The number of ketones is 1. The number of hydrogen-bond acceptors (Lipinski definition) is 4. The second-order valence-electron chi connectivity index (χ2n) is 3.99. The molecule has 0 aliphatic rings. The Balaban J connectivity index is 2.16. The molecular weight excluding hydrogens is 410 g/mol. The van der Waals surface area contributed by atoms with Gasteiger partial charge in [-0.2, -0.15) is 0 Å². The number of nitro groups is 1. The molecule has 0 fully saturated rings. The van der Waals surface area contributed by atoms with E-state index in [4.69, 9.17) is 0 Å². The molecule has 1 aromatic heterocycles. The van der Waals surface area contributed by atoms with Crippen LogP contribution in [-0.4, -0.2) is 15.5 Å². The van der Waals surface area contributed by atoms with Gasteiger partial charge in [0.1, 0.15) is 0 Å². The molecular formula is C13H9Br2NO3S. The Labute approximate surface area is 136 Å². The van der Waals surface area contributed by atoms with Crippen molar-refractivity contribution in [3.05, 3.63) is 62.3 Å². The standard InChI is InChI=1S/C13H9Br2NO3S/c14-11(8-3-5-9(6-4-8)16(18)19)12(15)13(17)10-2-1-7-20-10/h1-7,11-12H/t11-,12+/m0/s1. The van der Waals surface area contributed by atoms with Crippen molar-refractivity contribution in [2.24, 2.45) is 0 Å². The van der Waals surface area contributed by atoms with Crippen molar-refractivity contribution in [1.29, 1.82) is 0 Å². The van der Waals surface area contributed by atoms with Gasteiger partial charge in [-0.3, -0.25) is 14.9 Å². The maximum atomic E-state index is 12.2. The third-order valence-corrected chi connectivity index (χ3v) is 6.29. The van der Waals surface area contributed by atoms with Crippen molar-refractivity contribution in [3.8, 4) is 0 Å². The van der Waals surface area contributed by atoms with Crippen molar-refractivity contribution < 1.29 is 9.72 Å². The van der Waals surface area contributed by atoms with E-state index >= 15 is 0 Å². The van der Waals surface area contributed by atoms with E-state index < -0.39 is 9.75 Å². The van der Waals surface area contributed by atoms with Crippen molar-refractivity contribution in [3.63, 3.8) is 0 Å². The Morgan fingerprint density at radius 2 is 1.85 bits per heavy atom. The molecule has 104 valence electrons. The molecule has 0 saturated carbocycles. The summed E-state index contributed by atoms with van der Waals surface area (Å²) >= 11 is 8.25. The maximum Gasteiger partial charge on any atom is 0.269 e. The Morgan fingerprint density at radius 1 is 1.20 bits per heavy atom. The molecule has 0 N–H and O–H groups in total. The molecule has 0 spiro atoms. The highest BCUT2D eigenvalue weighted by atomic mass is 79.9. The predicted molar refractivity (Wildman–Crippen MR) is 86.1 cm³/mol. The zero-order valence-electron chi connectivity index (χ0n) is 10.0. The summed E-state index contributed by atoms with van der Waals surface area (Å²) in [6.45, 7) is 0. The van der Waals surface area contributed by atoms with Crippen LogP contribution in [0.5, 0.6) is 0 Å². The minimum absolute atomic E-state index is 0.0137. The van der Waals surface area contributed by atoms with Crippen LogP contribution >= 0.6 is 43.2 Å². The minimum Gasteiger partial charge on any atom is -0.292 e. The first-order valence-electron chi connectivity index (χ1n) is 5.61. The van der Waals surface area contributed by atoms with E-state index in [0.29, 0.717) is 4.88 Å². The predicted octanol–water partition coefficient (Wildman–Crippen LogP) is 4.74. The van der Waals surface area contributed by atoms with E-state index in [1.54, 1.807) is 18.2 Å². The average molecular weight is 419 g/mol. The van der Waals surface area contributed by atoms with Crippen molar-refractivity contribution in [1.82, 2.24) is 0 Å². The average Bonchev–Trinajstić information content (AvgIpc) is 2.99. The highest BCUT2D eigenvalue weighted by Crippen LogP contribution is 2.34. The third-order valence-electron chi connectivity index (χ3n) is 2.69. The minimum atomic E-state index is -0.449. The lowest BCUT2D eigenvalue weighted by molar-refractivity contribution is -0.384. The van der Waals surface area contributed by atoms with Gasteiger partial charge in [0.05, 0.1) is 19.5 Å². The molecule has 0 aliphatic carbocycles. The molecule has 2 aromatic rings. The lowest BCUT2D eigenvalue weighted by atomic mass is 10.1. The van der Waals surface area contributed by atoms with Crippen LogP contribution < -0.4 is 0 Å². The molecule has 4 nitrogen and oxygen atoms in total. The summed E-state index contributed by atoms with van der Waals surface area (Å²) in [5.74, 6) is -0.0137. The number of thiophene rings is 1. The number of Topliss-reactive ketones (excluding diaryl/α,β-unsaturated/α-hetero) is 1. The second-order valence-corrected chi connectivity index (χ2v) is 6.91. The lowest BCUT2D eigenvalue weighted by Gasteiger charge is -2.15. The Morgan fingerprint density at radius 3 is 2.35 bits per heavy atom. The van der Waals surface area contributed by atoms with Gasteiger partial charge in [-0.05, 0) is 17.0 Å². The number of benzene rings is 1. The van der Waals surface area contributed by atoms with Gasteiger partial charge in [-0.1, -0.05) is 50.1 Å². The number of non-ortho nitro benzene ring substituents is 1. The van der Waals surface area contributed by atoms with Gasteiger partial charge in [0, 0.05) is 12.1 Å². The first kappa shape index (κ1) is 15.3. The van der Waals surface area contributed by atoms with Gasteiger partial charge in [-0.25, -0.2) is 0 Å². The number of hydrogen-bond donors (Lipinski definition) is 0. The molecule has 0 radical (unpaired) electrons. The monoisotopic (exact) mass is 417 g/mol. The van der Waals surface area contributed by atoms with E-state index in [2.05, 4.69) is 31.9 Å². The molecule has 0 saturated heterocycles. The van der Waals surface area contributed by atoms with Crippen LogP contribution in [0.3, 0.4) is 0 Å². The molecule has 0 aliphatic heterocycles. The number of nitrogens with zero attached hydrogens (tertiary/aromatic N) is 1. The van der Waals surface area contributed by atoms with Crippen LogP contribution in [0, 0.1) is 10.1 Å². The summed E-state index contributed by atoms with van der Waals surface area (Å²) in [6.07, 6.45) is 0. The van der Waals surface area contributed by atoms with Crippen LogP contribution in [0.15, 0.2) is 41.8 Å². The molecule has 7 heteroatoms. The van der Waals surface area contributed by atoms with Crippen LogP contribution in [0.1, 0.15) is 20.1 Å². The van der Waals surface area contributed by atoms with Crippen LogP contribution in [0.4, 0.5) is 5.69 Å². The molecule has 0 bridgehead atoms. The fourth-order valence-electron chi connectivity index (χ4n) is 1.64. The van der Waals surface area contributed by atoms with E-state index in [0.717, 1.165) is 5.56 Å². The molecule has 0 amide bonds. The summed E-state index contributed by atoms with van der Waals surface area (Å²) in [5.41, 5.74) is 0.839. The molecule has 0 unspecified atom stereocenters. The first-order valence-corrected chi connectivity index (χ1v) is 8.32. The summed E-state index contributed by atoms with van der Waals surface area (Å²) in [7, 11) is 0. The molecule has 2 atom stereocenters.